The van der Waals surface area contributed by atoms with Gasteiger partial charge in [0.25, 0.3) is 0 Å². The lowest BCUT2D eigenvalue weighted by Crippen LogP contribution is -2.29. The topological polar surface area (TPSA) is 72.6 Å². The Kier molecular flexibility index (Phi) is 3.68. The number of benzene rings is 1. The van der Waals surface area contributed by atoms with Crippen LogP contribution in [0.1, 0.15) is 16.8 Å². The zero-order chi connectivity index (χ0) is 13.3. The zero-order valence-electron chi connectivity index (χ0n) is 9.85. The van der Waals surface area contributed by atoms with Gasteiger partial charge in [-0.1, -0.05) is 15.9 Å². The van der Waals surface area contributed by atoms with E-state index >= 15 is 0 Å². The van der Waals surface area contributed by atoms with Crippen molar-refractivity contribution in [2.45, 2.75) is 12.5 Å². The quantitative estimate of drug-likeness (QED) is 0.835. The number of nitrogens with zero attached hydrogens (tertiary/aromatic N) is 1. The summed E-state index contributed by atoms with van der Waals surface area (Å²) in [4.78, 5) is 25.1. The van der Waals surface area contributed by atoms with E-state index in [1.165, 1.54) is 12.0 Å². The molecule has 0 radical (unpaired) electrons. The SMILES string of the molecule is COC(=O)c1cc(Br)ccc1N1CC(N)CC1=O. The highest BCUT2D eigenvalue weighted by Crippen LogP contribution is 2.28. The molecular weight excluding hydrogens is 300 g/mol. The largest absolute Gasteiger partial charge is 0.465 e. The summed E-state index contributed by atoms with van der Waals surface area (Å²) >= 11 is 3.29. The van der Waals surface area contributed by atoms with Crippen molar-refractivity contribution in [2.24, 2.45) is 5.73 Å². The van der Waals surface area contributed by atoms with Gasteiger partial charge in [-0.25, -0.2) is 4.79 Å². The third-order valence-corrected chi connectivity index (χ3v) is 3.30. The van der Waals surface area contributed by atoms with Gasteiger partial charge in [0.2, 0.25) is 5.91 Å². The molecular formula is C12H13BrN2O3. The molecule has 1 amide bonds. The maximum atomic E-state index is 11.8. The summed E-state index contributed by atoms with van der Waals surface area (Å²) in [5.74, 6) is -0.547. The Morgan fingerprint density at radius 3 is 2.83 bits per heavy atom. The number of rotatable bonds is 2. The van der Waals surface area contributed by atoms with Gasteiger partial charge in [0, 0.05) is 23.5 Å². The van der Waals surface area contributed by atoms with Gasteiger partial charge in [-0.15, -0.1) is 0 Å². The average molecular weight is 313 g/mol. The predicted molar refractivity (Wildman–Crippen MR) is 70.4 cm³/mol. The van der Waals surface area contributed by atoms with Crippen LogP contribution in [0.4, 0.5) is 5.69 Å². The van der Waals surface area contributed by atoms with Gasteiger partial charge in [-0.3, -0.25) is 4.79 Å². The van der Waals surface area contributed by atoms with Crippen molar-refractivity contribution in [2.75, 3.05) is 18.6 Å². The van der Waals surface area contributed by atoms with Gasteiger partial charge in [0.15, 0.2) is 0 Å². The van der Waals surface area contributed by atoms with E-state index in [4.69, 9.17) is 10.5 Å². The normalized spacial score (nSPS) is 19.2. The number of carbonyl (C=O) groups is 2. The number of hydrogen-bond acceptors (Lipinski definition) is 4. The molecule has 1 saturated heterocycles. The van der Waals surface area contributed by atoms with E-state index in [0.717, 1.165) is 4.47 Å². The van der Waals surface area contributed by atoms with E-state index in [-0.39, 0.29) is 11.9 Å². The first kappa shape index (κ1) is 13.0. The number of hydrogen-bond donors (Lipinski definition) is 1. The Labute approximate surface area is 113 Å². The lowest BCUT2D eigenvalue weighted by atomic mass is 10.1. The van der Waals surface area contributed by atoms with Gasteiger partial charge in [-0.2, -0.15) is 0 Å². The molecule has 1 aromatic rings. The Hall–Kier alpha value is -1.40. The van der Waals surface area contributed by atoms with Crippen molar-refractivity contribution < 1.29 is 14.3 Å². The van der Waals surface area contributed by atoms with Crippen molar-refractivity contribution in [1.29, 1.82) is 0 Å². The molecule has 2 N–H and O–H groups in total. The fourth-order valence-electron chi connectivity index (χ4n) is 1.99. The van der Waals surface area contributed by atoms with Crippen molar-refractivity contribution in [3.05, 3.63) is 28.2 Å². The molecule has 0 aliphatic carbocycles. The maximum Gasteiger partial charge on any atom is 0.340 e. The number of halogens is 1. The third-order valence-electron chi connectivity index (χ3n) is 2.81. The molecule has 2 rings (SSSR count). The average Bonchev–Trinajstić information content (AvgIpc) is 2.67. The second-order valence-corrected chi connectivity index (χ2v) is 5.04. The van der Waals surface area contributed by atoms with E-state index in [9.17, 15) is 9.59 Å². The molecule has 6 heteroatoms. The molecule has 18 heavy (non-hydrogen) atoms. The summed E-state index contributed by atoms with van der Waals surface area (Å²) in [5.41, 5.74) is 6.65. The van der Waals surface area contributed by atoms with Crippen molar-refractivity contribution in [3.8, 4) is 0 Å². The minimum atomic E-state index is -0.473. The van der Waals surface area contributed by atoms with Crippen LogP contribution < -0.4 is 10.6 Å². The van der Waals surface area contributed by atoms with Crippen molar-refractivity contribution >= 4 is 33.5 Å². The van der Waals surface area contributed by atoms with Crippen LogP contribution in [-0.4, -0.2) is 31.6 Å². The van der Waals surface area contributed by atoms with Gasteiger partial charge in [-0.05, 0) is 18.2 Å². The maximum absolute atomic E-state index is 11.8. The van der Waals surface area contributed by atoms with Gasteiger partial charge in [0.1, 0.15) is 0 Å². The Morgan fingerprint density at radius 1 is 1.56 bits per heavy atom. The number of amides is 1. The van der Waals surface area contributed by atoms with Crippen molar-refractivity contribution in [1.82, 2.24) is 0 Å². The van der Waals surface area contributed by atoms with Crippen LogP contribution in [0.3, 0.4) is 0 Å². The second kappa shape index (κ2) is 5.07. The number of esters is 1. The molecule has 1 aromatic carbocycles. The summed E-state index contributed by atoms with van der Waals surface area (Å²) in [7, 11) is 1.31. The monoisotopic (exact) mass is 312 g/mol. The van der Waals surface area contributed by atoms with Gasteiger partial charge < -0.3 is 15.4 Å². The van der Waals surface area contributed by atoms with Crippen LogP contribution in [0.2, 0.25) is 0 Å². The zero-order valence-corrected chi connectivity index (χ0v) is 11.4. The Morgan fingerprint density at radius 2 is 2.28 bits per heavy atom. The summed E-state index contributed by atoms with van der Waals surface area (Å²) in [6.45, 7) is 0.421. The molecule has 96 valence electrons. The summed E-state index contributed by atoms with van der Waals surface area (Å²) < 4.78 is 5.48. The highest BCUT2D eigenvalue weighted by atomic mass is 79.9. The standard InChI is InChI=1S/C12H13BrN2O3/c1-18-12(17)9-4-7(13)2-3-10(9)15-6-8(14)5-11(15)16/h2-4,8H,5-6,14H2,1H3. The molecule has 1 heterocycles. The van der Waals surface area contributed by atoms with E-state index in [1.54, 1.807) is 18.2 Å². The van der Waals surface area contributed by atoms with E-state index in [0.29, 0.717) is 24.2 Å². The lowest BCUT2D eigenvalue weighted by Gasteiger charge is -2.19. The smallest absolute Gasteiger partial charge is 0.340 e. The predicted octanol–water partition coefficient (Wildman–Crippen LogP) is 1.30. The van der Waals surface area contributed by atoms with Crippen LogP contribution in [0.25, 0.3) is 0 Å². The lowest BCUT2D eigenvalue weighted by molar-refractivity contribution is -0.117. The van der Waals surface area contributed by atoms with Gasteiger partial charge >= 0.3 is 5.97 Å². The molecule has 1 aliphatic rings. The molecule has 1 unspecified atom stereocenters. The summed E-state index contributed by atoms with van der Waals surface area (Å²) in [5, 5.41) is 0. The van der Waals surface area contributed by atoms with Crippen LogP contribution in [-0.2, 0) is 9.53 Å². The van der Waals surface area contributed by atoms with Crippen LogP contribution in [0.5, 0.6) is 0 Å². The molecule has 0 bridgehead atoms. The fourth-order valence-corrected chi connectivity index (χ4v) is 2.35. The summed E-state index contributed by atoms with van der Waals surface area (Å²) in [6.07, 6.45) is 0.302. The Bertz CT molecular complexity index is 504. The highest BCUT2D eigenvalue weighted by molar-refractivity contribution is 9.10. The Balaban J connectivity index is 2.44. The van der Waals surface area contributed by atoms with E-state index in [2.05, 4.69) is 15.9 Å². The van der Waals surface area contributed by atoms with Crippen molar-refractivity contribution in [3.63, 3.8) is 0 Å². The molecule has 1 fully saturated rings. The van der Waals surface area contributed by atoms with Crippen LogP contribution >= 0.6 is 15.9 Å². The first-order chi connectivity index (χ1) is 8.52. The number of methoxy groups -OCH3 is 1. The molecule has 0 saturated carbocycles. The molecule has 1 atom stereocenters. The molecule has 5 nitrogen and oxygen atoms in total. The molecule has 0 spiro atoms. The minimum absolute atomic E-state index is 0.0741. The first-order valence-corrected chi connectivity index (χ1v) is 6.26. The first-order valence-electron chi connectivity index (χ1n) is 5.46. The van der Waals surface area contributed by atoms with Crippen LogP contribution in [0.15, 0.2) is 22.7 Å². The van der Waals surface area contributed by atoms with Gasteiger partial charge in [0.05, 0.1) is 18.4 Å². The number of carbonyl (C=O) groups excluding carboxylic acids is 2. The highest BCUT2D eigenvalue weighted by Gasteiger charge is 2.30. The number of nitrogens with two attached hydrogens (primary N) is 1. The molecule has 1 aliphatic heterocycles. The minimum Gasteiger partial charge on any atom is -0.465 e. The third kappa shape index (κ3) is 2.39. The number of ether oxygens (including phenoxy) is 1. The molecule has 0 aromatic heterocycles. The van der Waals surface area contributed by atoms with E-state index < -0.39 is 5.97 Å². The summed E-state index contributed by atoms with van der Waals surface area (Å²) in [6, 6.07) is 4.94. The van der Waals surface area contributed by atoms with E-state index in [1.807, 2.05) is 0 Å². The second-order valence-electron chi connectivity index (χ2n) is 4.12. The van der Waals surface area contributed by atoms with Crippen LogP contribution in [0, 0.1) is 0 Å². The fraction of sp³-hybridized carbons (Fsp3) is 0.333. The number of anilines is 1.